The maximum atomic E-state index is 4.00. The van der Waals surface area contributed by atoms with Gasteiger partial charge in [0.15, 0.2) is 0 Å². The molecule has 1 aromatic rings. The highest BCUT2D eigenvalue weighted by molar-refractivity contribution is 4.95. The molecule has 14 heavy (non-hydrogen) atoms. The Bertz CT molecular complexity index is 290. The predicted octanol–water partition coefficient (Wildman–Crippen LogP) is 0.913. The van der Waals surface area contributed by atoms with E-state index in [1.54, 1.807) is 6.33 Å². The molecule has 0 aliphatic heterocycles. The summed E-state index contributed by atoms with van der Waals surface area (Å²) in [6.45, 7) is 7.87. The summed E-state index contributed by atoms with van der Waals surface area (Å²) < 4.78 is 1.94. The van der Waals surface area contributed by atoms with Crippen molar-refractivity contribution in [1.29, 1.82) is 0 Å². The van der Waals surface area contributed by atoms with E-state index in [2.05, 4.69) is 29.0 Å². The first-order chi connectivity index (χ1) is 6.74. The number of hydrogen-bond donors (Lipinski definition) is 1. The van der Waals surface area contributed by atoms with Gasteiger partial charge in [0.1, 0.15) is 12.2 Å². The first-order valence-corrected chi connectivity index (χ1v) is 4.94. The van der Waals surface area contributed by atoms with Crippen LogP contribution in [0.1, 0.15) is 19.2 Å². The van der Waals surface area contributed by atoms with Gasteiger partial charge in [0.25, 0.3) is 0 Å². The molecule has 0 aliphatic carbocycles. The lowest BCUT2D eigenvalue weighted by Gasteiger charge is -2.04. The van der Waals surface area contributed by atoms with E-state index in [0.29, 0.717) is 0 Å². The van der Waals surface area contributed by atoms with Gasteiger partial charge in [-0.3, -0.25) is 0 Å². The number of nitrogens with zero attached hydrogens (tertiary/aromatic N) is 3. The molecular formula is C10H18N4. The van der Waals surface area contributed by atoms with Crippen LogP contribution in [-0.2, 0) is 13.5 Å². The molecule has 0 aliphatic rings. The first kappa shape index (κ1) is 10.9. The van der Waals surface area contributed by atoms with Crippen molar-refractivity contribution in [2.75, 3.05) is 13.1 Å². The quantitative estimate of drug-likeness (QED) is 0.541. The largest absolute Gasteiger partial charge is 0.321 e. The lowest BCUT2D eigenvalue weighted by Crippen LogP contribution is -2.20. The molecule has 1 N–H and O–H groups in total. The third-order valence-corrected chi connectivity index (χ3v) is 2.21. The molecule has 1 aromatic heterocycles. The van der Waals surface area contributed by atoms with Gasteiger partial charge < -0.3 is 9.88 Å². The second-order valence-electron chi connectivity index (χ2n) is 3.39. The Morgan fingerprint density at radius 1 is 1.64 bits per heavy atom. The number of aromatic nitrogens is 3. The lowest BCUT2D eigenvalue weighted by atomic mass is 10.2. The van der Waals surface area contributed by atoms with Crippen molar-refractivity contribution in [2.45, 2.75) is 19.8 Å². The Morgan fingerprint density at radius 2 is 2.43 bits per heavy atom. The van der Waals surface area contributed by atoms with Crippen LogP contribution in [0.3, 0.4) is 0 Å². The Labute approximate surface area is 85.0 Å². The highest BCUT2D eigenvalue weighted by Gasteiger charge is 1.99. The minimum atomic E-state index is 0.897. The van der Waals surface area contributed by atoms with E-state index in [4.69, 9.17) is 0 Å². The van der Waals surface area contributed by atoms with Crippen molar-refractivity contribution in [3.05, 3.63) is 24.3 Å². The molecule has 4 nitrogen and oxygen atoms in total. The zero-order valence-corrected chi connectivity index (χ0v) is 8.95. The van der Waals surface area contributed by atoms with Gasteiger partial charge in [-0.1, -0.05) is 19.1 Å². The zero-order valence-electron chi connectivity index (χ0n) is 8.95. The smallest absolute Gasteiger partial charge is 0.133 e. The van der Waals surface area contributed by atoms with Crippen molar-refractivity contribution in [2.24, 2.45) is 7.05 Å². The fourth-order valence-corrected chi connectivity index (χ4v) is 1.12. The standard InChI is InChI=1S/C10H18N4/c1-4-9(2)7-11-6-5-10-13-12-8-14(10)3/h8,11H,2,4-7H2,1,3H3. The molecule has 0 aromatic carbocycles. The third kappa shape index (κ3) is 3.30. The topological polar surface area (TPSA) is 42.7 Å². The summed E-state index contributed by atoms with van der Waals surface area (Å²) in [5, 5.41) is 11.1. The van der Waals surface area contributed by atoms with Crippen molar-refractivity contribution in [3.63, 3.8) is 0 Å². The van der Waals surface area contributed by atoms with Gasteiger partial charge in [-0.2, -0.15) is 0 Å². The summed E-state index contributed by atoms with van der Waals surface area (Å²) >= 11 is 0. The van der Waals surface area contributed by atoms with E-state index in [9.17, 15) is 0 Å². The second kappa shape index (κ2) is 5.54. The van der Waals surface area contributed by atoms with E-state index in [0.717, 1.165) is 31.8 Å². The molecule has 0 saturated heterocycles. The third-order valence-electron chi connectivity index (χ3n) is 2.21. The van der Waals surface area contributed by atoms with Gasteiger partial charge in [-0.05, 0) is 6.42 Å². The molecule has 1 heterocycles. The molecule has 0 atom stereocenters. The summed E-state index contributed by atoms with van der Waals surface area (Å²) in [7, 11) is 1.96. The summed E-state index contributed by atoms with van der Waals surface area (Å²) in [5.74, 6) is 1.01. The summed E-state index contributed by atoms with van der Waals surface area (Å²) in [4.78, 5) is 0. The van der Waals surface area contributed by atoms with Crippen molar-refractivity contribution < 1.29 is 0 Å². The van der Waals surface area contributed by atoms with Gasteiger partial charge >= 0.3 is 0 Å². The van der Waals surface area contributed by atoms with Crippen LogP contribution in [0.25, 0.3) is 0 Å². The normalized spacial score (nSPS) is 10.4. The number of aryl methyl sites for hydroxylation is 1. The molecule has 78 valence electrons. The van der Waals surface area contributed by atoms with Crippen molar-refractivity contribution in [3.8, 4) is 0 Å². The van der Waals surface area contributed by atoms with E-state index in [-0.39, 0.29) is 0 Å². The summed E-state index contributed by atoms with van der Waals surface area (Å²) in [6, 6.07) is 0. The van der Waals surface area contributed by atoms with Crippen LogP contribution in [0.4, 0.5) is 0 Å². The molecule has 0 radical (unpaired) electrons. The fourth-order valence-electron chi connectivity index (χ4n) is 1.12. The van der Waals surface area contributed by atoms with Crippen LogP contribution in [-0.4, -0.2) is 27.9 Å². The van der Waals surface area contributed by atoms with Crippen LogP contribution in [0, 0.1) is 0 Å². The monoisotopic (exact) mass is 194 g/mol. The minimum absolute atomic E-state index is 0.897. The van der Waals surface area contributed by atoms with Gasteiger partial charge in [-0.15, -0.1) is 10.2 Å². The van der Waals surface area contributed by atoms with Crippen LogP contribution < -0.4 is 5.32 Å². The fraction of sp³-hybridized carbons (Fsp3) is 0.600. The maximum Gasteiger partial charge on any atom is 0.133 e. The molecule has 0 fully saturated rings. The van der Waals surface area contributed by atoms with Gasteiger partial charge in [0, 0.05) is 26.6 Å². The van der Waals surface area contributed by atoms with Crippen LogP contribution in [0.2, 0.25) is 0 Å². The van der Waals surface area contributed by atoms with Gasteiger partial charge in [0.05, 0.1) is 0 Å². The predicted molar refractivity (Wildman–Crippen MR) is 57.0 cm³/mol. The minimum Gasteiger partial charge on any atom is -0.321 e. The highest BCUT2D eigenvalue weighted by Crippen LogP contribution is 1.94. The molecule has 0 saturated carbocycles. The Balaban J connectivity index is 2.16. The molecule has 0 amide bonds. The van der Waals surface area contributed by atoms with E-state index < -0.39 is 0 Å². The Hall–Kier alpha value is -1.16. The van der Waals surface area contributed by atoms with E-state index in [1.807, 2.05) is 11.6 Å². The highest BCUT2D eigenvalue weighted by atomic mass is 15.2. The summed E-state index contributed by atoms with van der Waals surface area (Å²) in [5.41, 5.74) is 1.24. The van der Waals surface area contributed by atoms with E-state index >= 15 is 0 Å². The Kier molecular flexibility index (Phi) is 4.32. The van der Waals surface area contributed by atoms with Crippen molar-refractivity contribution >= 4 is 0 Å². The average Bonchev–Trinajstić information content (AvgIpc) is 2.58. The molecule has 0 bridgehead atoms. The second-order valence-corrected chi connectivity index (χ2v) is 3.39. The molecular weight excluding hydrogens is 176 g/mol. The maximum absolute atomic E-state index is 4.00. The SMILES string of the molecule is C=C(CC)CNCCc1nncn1C. The molecule has 4 heteroatoms. The first-order valence-electron chi connectivity index (χ1n) is 4.94. The van der Waals surface area contributed by atoms with Gasteiger partial charge in [0.2, 0.25) is 0 Å². The molecule has 1 rings (SSSR count). The number of hydrogen-bond acceptors (Lipinski definition) is 3. The number of nitrogens with one attached hydrogen (secondary N) is 1. The van der Waals surface area contributed by atoms with Gasteiger partial charge in [-0.25, -0.2) is 0 Å². The van der Waals surface area contributed by atoms with Crippen LogP contribution >= 0.6 is 0 Å². The lowest BCUT2D eigenvalue weighted by molar-refractivity contribution is 0.676. The van der Waals surface area contributed by atoms with E-state index in [1.165, 1.54) is 5.57 Å². The number of rotatable bonds is 6. The zero-order chi connectivity index (χ0) is 10.4. The average molecular weight is 194 g/mol. The van der Waals surface area contributed by atoms with Crippen LogP contribution in [0.15, 0.2) is 18.5 Å². The molecule has 0 spiro atoms. The molecule has 0 unspecified atom stereocenters. The van der Waals surface area contributed by atoms with Crippen molar-refractivity contribution in [1.82, 2.24) is 20.1 Å². The Morgan fingerprint density at radius 3 is 3.00 bits per heavy atom. The summed E-state index contributed by atoms with van der Waals surface area (Å²) in [6.07, 6.45) is 3.67. The van der Waals surface area contributed by atoms with Crippen LogP contribution in [0.5, 0.6) is 0 Å².